The number of hydrogen-bond donors (Lipinski definition) is 2. The summed E-state index contributed by atoms with van der Waals surface area (Å²) in [5.74, 6) is 1.14. The minimum atomic E-state index is -0.385. The maximum atomic E-state index is 12.4. The van der Waals surface area contributed by atoms with Crippen molar-refractivity contribution >= 4 is 23.7 Å². The predicted molar refractivity (Wildman–Crippen MR) is 142 cm³/mol. The number of hydrogen-bond acceptors (Lipinski definition) is 5. The van der Waals surface area contributed by atoms with Crippen molar-refractivity contribution in [1.82, 2.24) is 15.6 Å². The fourth-order valence-corrected chi connectivity index (χ4v) is 3.48. The molecule has 1 aromatic heterocycles. The van der Waals surface area contributed by atoms with Crippen LogP contribution in [0.5, 0.6) is 11.5 Å². The van der Waals surface area contributed by atoms with E-state index in [1.165, 1.54) is 0 Å². The van der Waals surface area contributed by atoms with Gasteiger partial charge < -0.3 is 9.47 Å². The molecule has 3 aromatic carbocycles. The molecule has 8 heteroatoms. The van der Waals surface area contributed by atoms with Gasteiger partial charge >= 0.3 is 0 Å². The molecule has 1 heterocycles. The summed E-state index contributed by atoms with van der Waals surface area (Å²) in [5.41, 5.74) is 6.07. The van der Waals surface area contributed by atoms with Crippen LogP contribution in [0, 0.1) is 0 Å². The van der Waals surface area contributed by atoms with Gasteiger partial charge in [-0.1, -0.05) is 43.1 Å². The van der Waals surface area contributed by atoms with Gasteiger partial charge in [-0.2, -0.15) is 10.2 Å². The van der Waals surface area contributed by atoms with Crippen molar-refractivity contribution in [3.63, 3.8) is 0 Å². The molecule has 0 aliphatic carbocycles. The van der Waals surface area contributed by atoms with Crippen molar-refractivity contribution in [2.45, 2.75) is 26.4 Å². The third kappa shape index (κ3) is 6.96. The topological polar surface area (TPSA) is 88.6 Å². The molecular formula is C28H27ClN4O3. The van der Waals surface area contributed by atoms with Gasteiger partial charge in [0.2, 0.25) is 0 Å². The van der Waals surface area contributed by atoms with E-state index in [0.29, 0.717) is 35.4 Å². The number of benzene rings is 3. The van der Waals surface area contributed by atoms with E-state index in [-0.39, 0.29) is 5.91 Å². The monoisotopic (exact) mass is 502 g/mol. The number of nitrogens with one attached hydrogen (secondary N) is 2. The van der Waals surface area contributed by atoms with Crippen molar-refractivity contribution in [3.8, 4) is 22.8 Å². The molecule has 0 aliphatic rings. The van der Waals surface area contributed by atoms with Crippen LogP contribution < -0.4 is 14.9 Å². The van der Waals surface area contributed by atoms with E-state index >= 15 is 0 Å². The molecular weight excluding hydrogens is 476 g/mol. The van der Waals surface area contributed by atoms with Gasteiger partial charge in [-0.25, -0.2) is 5.43 Å². The van der Waals surface area contributed by atoms with Crippen LogP contribution in [0.4, 0.5) is 0 Å². The first-order valence-electron chi connectivity index (χ1n) is 11.7. The maximum absolute atomic E-state index is 12.4. The van der Waals surface area contributed by atoms with E-state index in [4.69, 9.17) is 21.1 Å². The number of carbonyl (C=O) groups is 1. The number of hydrazone groups is 1. The molecule has 0 unspecified atom stereocenters. The summed E-state index contributed by atoms with van der Waals surface area (Å²) in [5, 5.41) is 11.7. The molecule has 0 radical (unpaired) electrons. The second-order valence-corrected chi connectivity index (χ2v) is 8.45. The Labute approximate surface area is 215 Å². The number of carbonyl (C=O) groups excluding carboxylic acids is 1. The molecule has 0 saturated heterocycles. The molecule has 36 heavy (non-hydrogen) atoms. The van der Waals surface area contributed by atoms with Crippen molar-refractivity contribution in [1.29, 1.82) is 0 Å². The van der Waals surface area contributed by atoms with Gasteiger partial charge in [0.1, 0.15) is 23.8 Å². The Morgan fingerprint density at radius 2 is 1.75 bits per heavy atom. The van der Waals surface area contributed by atoms with Crippen LogP contribution in [-0.4, -0.2) is 28.9 Å². The Balaban J connectivity index is 1.28. The van der Waals surface area contributed by atoms with Crippen LogP contribution in [0.2, 0.25) is 5.02 Å². The van der Waals surface area contributed by atoms with Gasteiger partial charge in [-0.3, -0.25) is 9.89 Å². The second kappa shape index (κ2) is 12.6. The van der Waals surface area contributed by atoms with Crippen LogP contribution in [0.3, 0.4) is 0 Å². The highest BCUT2D eigenvalue weighted by Crippen LogP contribution is 2.23. The van der Waals surface area contributed by atoms with Gasteiger partial charge in [0.25, 0.3) is 5.91 Å². The molecule has 0 bridgehead atoms. The summed E-state index contributed by atoms with van der Waals surface area (Å²) < 4.78 is 11.5. The lowest BCUT2D eigenvalue weighted by atomic mass is 10.1. The maximum Gasteiger partial charge on any atom is 0.289 e. The second-order valence-electron chi connectivity index (χ2n) is 8.04. The zero-order chi connectivity index (χ0) is 25.2. The molecule has 7 nitrogen and oxygen atoms in total. The summed E-state index contributed by atoms with van der Waals surface area (Å²) in [6.07, 6.45) is 3.69. The van der Waals surface area contributed by atoms with Gasteiger partial charge in [0, 0.05) is 16.1 Å². The first-order valence-corrected chi connectivity index (χ1v) is 12.1. The number of unbranched alkanes of at least 4 members (excludes halogenated alkanes) is 1. The first kappa shape index (κ1) is 25.0. The SMILES string of the molecule is CCCCOc1ccc(/C=N\NC(=O)c2cc(-c3ccc(OCc4ccccc4Cl)cc3)n[nH]2)cc1. The number of aromatic nitrogens is 2. The minimum Gasteiger partial charge on any atom is -0.494 e. The first-order chi connectivity index (χ1) is 17.6. The summed E-state index contributed by atoms with van der Waals surface area (Å²) in [4.78, 5) is 12.4. The fourth-order valence-electron chi connectivity index (χ4n) is 3.29. The number of ether oxygens (including phenoxy) is 2. The van der Waals surface area contributed by atoms with Crippen molar-refractivity contribution in [2.24, 2.45) is 5.10 Å². The summed E-state index contributed by atoms with van der Waals surface area (Å²) in [6.45, 7) is 3.20. The van der Waals surface area contributed by atoms with E-state index in [2.05, 4.69) is 27.6 Å². The van der Waals surface area contributed by atoms with Crippen LogP contribution in [0.15, 0.2) is 84.0 Å². The van der Waals surface area contributed by atoms with E-state index in [1.807, 2.05) is 72.8 Å². The van der Waals surface area contributed by atoms with Crippen LogP contribution in [-0.2, 0) is 6.61 Å². The Bertz CT molecular complexity index is 1300. The summed E-state index contributed by atoms with van der Waals surface area (Å²) >= 11 is 6.17. The number of aromatic amines is 1. The lowest BCUT2D eigenvalue weighted by Gasteiger charge is -2.08. The Morgan fingerprint density at radius 3 is 2.50 bits per heavy atom. The lowest BCUT2D eigenvalue weighted by molar-refractivity contribution is 0.0950. The molecule has 4 rings (SSSR count). The highest BCUT2D eigenvalue weighted by atomic mass is 35.5. The number of rotatable bonds is 11. The Hall–Kier alpha value is -4.10. The Kier molecular flexibility index (Phi) is 8.72. The highest BCUT2D eigenvalue weighted by molar-refractivity contribution is 6.31. The molecule has 0 atom stereocenters. The number of nitrogens with zero attached hydrogens (tertiary/aromatic N) is 2. The van der Waals surface area contributed by atoms with Crippen molar-refractivity contribution < 1.29 is 14.3 Å². The van der Waals surface area contributed by atoms with Gasteiger partial charge in [0.15, 0.2) is 0 Å². The molecule has 184 valence electrons. The molecule has 4 aromatic rings. The molecule has 0 fully saturated rings. The summed E-state index contributed by atoms with van der Waals surface area (Å²) in [6, 6.07) is 24.2. The minimum absolute atomic E-state index is 0.306. The fraction of sp³-hybridized carbons (Fsp3) is 0.179. The summed E-state index contributed by atoms with van der Waals surface area (Å²) in [7, 11) is 0. The number of halogens is 1. The van der Waals surface area contributed by atoms with Gasteiger partial charge in [0.05, 0.1) is 18.5 Å². The van der Waals surface area contributed by atoms with E-state index < -0.39 is 0 Å². The molecule has 0 saturated carbocycles. The molecule has 2 N–H and O–H groups in total. The third-order valence-corrected chi connectivity index (χ3v) is 5.72. The van der Waals surface area contributed by atoms with Crippen molar-refractivity contribution in [3.05, 3.63) is 101 Å². The molecule has 1 amide bonds. The average molecular weight is 503 g/mol. The van der Waals surface area contributed by atoms with Gasteiger partial charge in [-0.05, 0) is 72.6 Å². The van der Waals surface area contributed by atoms with E-state index in [0.717, 1.165) is 35.3 Å². The number of H-pyrrole nitrogens is 1. The largest absolute Gasteiger partial charge is 0.494 e. The Morgan fingerprint density at radius 1 is 1.03 bits per heavy atom. The van der Waals surface area contributed by atoms with E-state index in [1.54, 1.807) is 12.3 Å². The quantitative estimate of drug-likeness (QED) is 0.144. The molecule has 0 spiro atoms. The smallest absolute Gasteiger partial charge is 0.289 e. The number of amides is 1. The van der Waals surface area contributed by atoms with Crippen LogP contribution >= 0.6 is 11.6 Å². The average Bonchev–Trinajstić information content (AvgIpc) is 3.40. The normalized spacial score (nSPS) is 10.9. The van der Waals surface area contributed by atoms with Crippen LogP contribution in [0.25, 0.3) is 11.3 Å². The highest BCUT2D eigenvalue weighted by Gasteiger charge is 2.11. The zero-order valence-electron chi connectivity index (χ0n) is 19.9. The molecule has 0 aliphatic heterocycles. The lowest BCUT2D eigenvalue weighted by Crippen LogP contribution is -2.17. The zero-order valence-corrected chi connectivity index (χ0v) is 20.7. The standard InChI is InChI=1S/C28H27ClN4O3/c1-2-3-16-35-23-12-8-20(9-13-23)18-30-33-28(34)27-17-26(31-32-27)21-10-14-24(15-11-21)36-19-22-6-4-5-7-25(22)29/h4-15,17-18H,2-3,16,19H2,1H3,(H,31,32)(H,33,34)/b30-18-. The van der Waals surface area contributed by atoms with Crippen molar-refractivity contribution in [2.75, 3.05) is 6.61 Å². The van der Waals surface area contributed by atoms with Crippen LogP contribution in [0.1, 0.15) is 41.4 Å². The van der Waals surface area contributed by atoms with E-state index in [9.17, 15) is 4.79 Å². The predicted octanol–water partition coefficient (Wildman–Crippen LogP) is 6.25. The third-order valence-electron chi connectivity index (χ3n) is 5.35. The van der Waals surface area contributed by atoms with Gasteiger partial charge in [-0.15, -0.1) is 0 Å².